The van der Waals surface area contributed by atoms with Gasteiger partial charge in [-0.05, 0) is 26.9 Å². The Morgan fingerprint density at radius 3 is 2.90 bits per heavy atom. The van der Waals surface area contributed by atoms with Crippen LogP contribution in [0.3, 0.4) is 0 Å². The van der Waals surface area contributed by atoms with Gasteiger partial charge in [0.05, 0.1) is 10.4 Å². The van der Waals surface area contributed by atoms with Crippen LogP contribution in [-0.4, -0.2) is 53.5 Å². The van der Waals surface area contributed by atoms with E-state index in [0.717, 1.165) is 24.5 Å². The maximum atomic E-state index is 12.2. The maximum absolute atomic E-state index is 12.2. The summed E-state index contributed by atoms with van der Waals surface area (Å²) in [6, 6.07) is 0. The fourth-order valence-electron chi connectivity index (χ4n) is 2.40. The highest BCUT2D eigenvalue weighted by Crippen LogP contribution is 2.28. The van der Waals surface area contributed by atoms with Crippen LogP contribution >= 0.6 is 11.3 Å². The Labute approximate surface area is 121 Å². The van der Waals surface area contributed by atoms with E-state index < -0.39 is 5.97 Å². The molecule has 2 rings (SSSR count). The van der Waals surface area contributed by atoms with Crippen molar-refractivity contribution >= 4 is 23.2 Å². The molecule has 1 aliphatic rings. The Balaban J connectivity index is 1.80. The second-order valence-corrected chi connectivity index (χ2v) is 6.43. The molecular formula is C13H19N3O3S. The quantitative estimate of drug-likeness (QED) is 0.841. The number of carboxylic acids is 1. The van der Waals surface area contributed by atoms with E-state index in [2.05, 4.69) is 15.2 Å². The summed E-state index contributed by atoms with van der Waals surface area (Å²) in [6.07, 6.45) is 1.44. The molecule has 1 saturated heterocycles. The molecule has 0 saturated carbocycles. The average molecular weight is 297 g/mol. The first kappa shape index (κ1) is 14.9. The summed E-state index contributed by atoms with van der Waals surface area (Å²) < 4.78 is 0. The number of carbonyl (C=O) groups excluding carboxylic acids is 1. The zero-order valence-electron chi connectivity index (χ0n) is 11.7. The molecule has 1 fully saturated rings. The second-order valence-electron chi connectivity index (χ2n) is 5.49. The third-order valence-corrected chi connectivity index (χ3v) is 4.52. The number of nitrogens with zero attached hydrogens (tertiary/aromatic N) is 2. The molecule has 20 heavy (non-hydrogen) atoms. The van der Waals surface area contributed by atoms with Gasteiger partial charge >= 0.3 is 5.97 Å². The van der Waals surface area contributed by atoms with Crippen molar-refractivity contribution in [3.05, 3.63) is 16.1 Å². The van der Waals surface area contributed by atoms with E-state index in [1.165, 1.54) is 16.7 Å². The van der Waals surface area contributed by atoms with Gasteiger partial charge in [-0.2, -0.15) is 0 Å². The molecule has 1 aliphatic heterocycles. The number of hydrogen-bond acceptors (Lipinski definition) is 5. The zero-order valence-corrected chi connectivity index (χ0v) is 12.5. The summed E-state index contributed by atoms with van der Waals surface area (Å²) in [4.78, 5) is 29.0. The number of nitrogens with one attached hydrogen (secondary N) is 1. The average Bonchev–Trinajstić information content (AvgIpc) is 2.97. The Morgan fingerprint density at radius 1 is 1.60 bits per heavy atom. The smallest absolute Gasteiger partial charge is 0.355 e. The van der Waals surface area contributed by atoms with E-state index in [1.54, 1.807) is 0 Å². The molecule has 0 aromatic carbocycles. The molecular weight excluding hydrogens is 278 g/mol. The normalized spacial score (nSPS) is 22.9. The van der Waals surface area contributed by atoms with Crippen LogP contribution in [0, 0.1) is 5.41 Å². The first-order valence-electron chi connectivity index (χ1n) is 6.55. The van der Waals surface area contributed by atoms with Crippen LogP contribution in [0.1, 0.15) is 28.8 Å². The van der Waals surface area contributed by atoms with E-state index in [0.29, 0.717) is 13.0 Å². The zero-order chi connectivity index (χ0) is 14.8. The van der Waals surface area contributed by atoms with Crippen molar-refractivity contribution in [3.8, 4) is 0 Å². The molecule has 6 nitrogen and oxygen atoms in total. The first-order chi connectivity index (χ1) is 9.40. The monoisotopic (exact) mass is 297 g/mol. The molecule has 0 bridgehead atoms. The van der Waals surface area contributed by atoms with Crippen LogP contribution < -0.4 is 5.32 Å². The lowest BCUT2D eigenvalue weighted by atomic mass is 9.89. The van der Waals surface area contributed by atoms with Crippen molar-refractivity contribution in [3.63, 3.8) is 0 Å². The van der Waals surface area contributed by atoms with Gasteiger partial charge in [-0.1, -0.05) is 0 Å². The van der Waals surface area contributed by atoms with Gasteiger partial charge in [-0.25, -0.2) is 9.78 Å². The first-order valence-corrected chi connectivity index (χ1v) is 7.43. The SMILES string of the molecule is CN1CCC(C)(C(=O)NCCc2nc(C(=O)O)cs2)C1. The number of likely N-dealkylation sites (tertiary alicyclic amines) is 1. The minimum atomic E-state index is -1.02. The number of hydrogen-bond donors (Lipinski definition) is 2. The van der Waals surface area contributed by atoms with Crippen molar-refractivity contribution < 1.29 is 14.7 Å². The summed E-state index contributed by atoms with van der Waals surface area (Å²) in [5.74, 6) is -0.949. The highest BCUT2D eigenvalue weighted by Gasteiger charge is 2.38. The van der Waals surface area contributed by atoms with Crippen LogP contribution in [0.15, 0.2) is 5.38 Å². The van der Waals surface area contributed by atoms with Gasteiger partial charge in [0.2, 0.25) is 5.91 Å². The van der Waals surface area contributed by atoms with Crippen molar-refractivity contribution in [1.29, 1.82) is 0 Å². The van der Waals surface area contributed by atoms with Crippen LogP contribution in [-0.2, 0) is 11.2 Å². The van der Waals surface area contributed by atoms with Gasteiger partial charge in [-0.15, -0.1) is 11.3 Å². The Kier molecular flexibility index (Phi) is 4.39. The molecule has 0 radical (unpaired) electrons. The number of thiazole rings is 1. The van der Waals surface area contributed by atoms with Gasteiger partial charge in [0.1, 0.15) is 0 Å². The van der Waals surface area contributed by atoms with Gasteiger partial charge in [0, 0.05) is 24.9 Å². The summed E-state index contributed by atoms with van der Waals surface area (Å²) >= 11 is 1.31. The molecule has 1 atom stereocenters. The standard InChI is InChI=1S/C13H19N3O3S/c1-13(4-6-16(2)8-13)12(19)14-5-3-10-15-9(7-20-10)11(17)18/h7H,3-6,8H2,1-2H3,(H,14,19)(H,17,18). The van der Waals surface area contributed by atoms with Crippen LogP contribution in [0.4, 0.5) is 0 Å². The summed E-state index contributed by atoms with van der Waals surface area (Å²) in [6.45, 7) is 4.19. The number of aromatic nitrogens is 1. The summed E-state index contributed by atoms with van der Waals surface area (Å²) in [5, 5.41) is 14.0. The molecule has 1 aromatic heterocycles. The molecule has 0 spiro atoms. The molecule has 1 aromatic rings. The van der Waals surface area contributed by atoms with E-state index in [9.17, 15) is 9.59 Å². The molecule has 7 heteroatoms. The predicted octanol–water partition coefficient (Wildman–Crippen LogP) is 0.842. The topological polar surface area (TPSA) is 82.5 Å². The Morgan fingerprint density at radius 2 is 2.35 bits per heavy atom. The lowest BCUT2D eigenvalue weighted by Crippen LogP contribution is -2.41. The van der Waals surface area contributed by atoms with Gasteiger partial charge in [-0.3, -0.25) is 4.79 Å². The molecule has 0 aliphatic carbocycles. The fraction of sp³-hybridized carbons (Fsp3) is 0.615. The van der Waals surface area contributed by atoms with E-state index in [4.69, 9.17) is 5.11 Å². The minimum Gasteiger partial charge on any atom is -0.476 e. The molecule has 2 heterocycles. The third-order valence-electron chi connectivity index (χ3n) is 3.61. The molecule has 1 amide bonds. The van der Waals surface area contributed by atoms with E-state index in [1.807, 2.05) is 14.0 Å². The van der Waals surface area contributed by atoms with Gasteiger partial charge in [0.25, 0.3) is 0 Å². The van der Waals surface area contributed by atoms with Crippen molar-refractivity contribution in [1.82, 2.24) is 15.2 Å². The number of amides is 1. The number of carboxylic acid groups (broad SMARTS) is 1. The van der Waals surface area contributed by atoms with E-state index >= 15 is 0 Å². The van der Waals surface area contributed by atoms with Crippen molar-refractivity contribution in [2.45, 2.75) is 19.8 Å². The fourth-order valence-corrected chi connectivity index (χ4v) is 3.17. The van der Waals surface area contributed by atoms with Crippen LogP contribution in [0.2, 0.25) is 0 Å². The maximum Gasteiger partial charge on any atom is 0.355 e. The molecule has 110 valence electrons. The minimum absolute atomic E-state index is 0.0665. The largest absolute Gasteiger partial charge is 0.476 e. The highest BCUT2D eigenvalue weighted by atomic mass is 32.1. The summed E-state index contributed by atoms with van der Waals surface area (Å²) in [7, 11) is 2.02. The van der Waals surface area contributed by atoms with Crippen molar-refractivity contribution in [2.24, 2.45) is 5.41 Å². The highest BCUT2D eigenvalue weighted by molar-refractivity contribution is 7.09. The van der Waals surface area contributed by atoms with E-state index in [-0.39, 0.29) is 17.0 Å². The number of aromatic carboxylic acids is 1. The Hall–Kier alpha value is -1.47. The molecule has 2 N–H and O–H groups in total. The lowest BCUT2D eigenvalue weighted by Gasteiger charge is -2.22. The summed E-state index contributed by atoms with van der Waals surface area (Å²) in [5.41, 5.74) is -0.246. The molecule has 1 unspecified atom stereocenters. The van der Waals surface area contributed by atoms with Gasteiger partial charge < -0.3 is 15.3 Å². The lowest BCUT2D eigenvalue weighted by molar-refractivity contribution is -0.129. The van der Waals surface area contributed by atoms with Crippen LogP contribution in [0.5, 0.6) is 0 Å². The van der Waals surface area contributed by atoms with Gasteiger partial charge in [0.15, 0.2) is 5.69 Å². The second kappa shape index (κ2) is 5.88. The third kappa shape index (κ3) is 3.34. The van der Waals surface area contributed by atoms with Crippen molar-refractivity contribution in [2.75, 3.05) is 26.7 Å². The number of rotatable bonds is 5. The van der Waals surface area contributed by atoms with Crippen LogP contribution in [0.25, 0.3) is 0 Å². The number of carbonyl (C=O) groups is 2. The predicted molar refractivity (Wildman–Crippen MR) is 76.0 cm³/mol. The Bertz CT molecular complexity index is 517.